The maximum Gasteiger partial charge on any atom is 0.313 e. The molecule has 160 valence electrons. The Morgan fingerprint density at radius 3 is 2.33 bits per heavy atom. The van der Waals surface area contributed by atoms with Crippen LogP contribution in [-0.2, 0) is 26.0 Å². The molecule has 2 aromatic carbocycles. The van der Waals surface area contributed by atoms with Crippen molar-refractivity contribution in [2.45, 2.75) is 44.0 Å². The van der Waals surface area contributed by atoms with Crippen molar-refractivity contribution in [1.82, 2.24) is 9.62 Å². The number of carbonyl (C=O) groups is 2. The summed E-state index contributed by atoms with van der Waals surface area (Å²) in [6, 6.07) is 13.6. The fourth-order valence-corrected chi connectivity index (χ4v) is 5.17. The molecule has 2 amide bonds. The number of hydrogen-bond donors (Lipinski definition) is 2. The van der Waals surface area contributed by atoms with Crippen LogP contribution >= 0.6 is 0 Å². The lowest BCUT2D eigenvalue weighted by molar-refractivity contribution is -0.136. The van der Waals surface area contributed by atoms with E-state index in [0.717, 1.165) is 17.5 Å². The molecule has 1 aliphatic heterocycles. The van der Waals surface area contributed by atoms with Gasteiger partial charge in [0.05, 0.1) is 4.90 Å². The summed E-state index contributed by atoms with van der Waals surface area (Å²) in [5.74, 6) is -1.56. The Kier molecular flexibility index (Phi) is 6.89. The molecule has 0 bridgehead atoms. The number of rotatable bonds is 6. The van der Waals surface area contributed by atoms with Crippen LogP contribution in [0.15, 0.2) is 53.4 Å². The highest BCUT2D eigenvalue weighted by Crippen LogP contribution is 2.26. The molecule has 0 radical (unpaired) electrons. The Balaban J connectivity index is 1.59. The first-order chi connectivity index (χ1) is 14.3. The molecular formula is C22H27N3O4S. The van der Waals surface area contributed by atoms with Crippen LogP contribution in [0.25, 0.3) is 0 Å². The average Bonchev–Trinajstić information content (AvgIpc) is 3.22. The minimum Gasteiger partial charge on any atom is -0.346 e. The van der Waals surface area contributed by atoms with Crippen LogP contribution in [0.3, 0.4) is 0 Å². The summed E-state index contributed by atoms with van der Waals surface area (Å²) in [5.41, 5.74) is 2.65. The molecule has 1 atom stereocenters. The van der Waals surface area contributed by atoms with Crippen LogP contribution in [0.5, 0.6) is 0 Å². The Hall–Kier alpha value is -2.71. The molecule has 7 nitrogen and oxygen atoms in total. The smallest absolute Gasteiger partial charge is 0.313 e. The largest absolute Gasteiger partial charge is 0.346 e. The quantitative estimate of drug-likeness (QED) is 0.690. The van der Waals surface area contributed by atoms with E-state index in [1.54, 1.807) is 36.4 Å². The third kappa shape index (κ3) is 5.06. The second-order valence-electron chi connectivity index (χ2n) is 7.44. The van der Waals surface area contributed by atoms with Gasteiger partial charge in [0.15, 0.2) is 0 Å². The molecule has 1 aliphatic rings. The van der Waals surface area contributed by atoms with E-state index < -0.39 is 21.8 Å². The number of sulfonamides is 1. The first-order valence-corrected chi connectivity index (χ1v) is 11.5. The Morgan fingerprint density at radius 2 is 1.70 bits per heavy atom. The van der Waals surface area contributed by atoms with E-state index in [9.17, 15) is 18.0 Å². The van der Waals surface area contributed by atoms with E-state index in [0.29, 0.717) is 25.1 Å². The zero-order valence-corrected chi connectivity index (χ0v) is 18.0. The van der Waals surface area contributed by atoms with Gasteiger partial charge in [0.2, 0.25) is 10.0 Å². The number of nitrogens with zero attached hydrogens (tertiary/aromatic N) is 1. The van der Waals surface area contributed by atoms with Gasteiger partial charge < -0.3 is 10.6 Å². The summed E-state index contributed by atoms with van der Waals surface area (Å²) in [5, 5.41) is 5.13. The predicted molar refractivity (Wildman–Crippen MR) is 116 cm³/mol. The molecule has 2 N–H and O–H groups in total. The summed E-state index contributed by atoms with van der Waals surface area (Å²) < 4.78 is 27.3. The highest BCUT2D eigenvalue weighted by Gasteiger charge is 2.35. The van der Waals surface area contributed by atoms with E-state index in [2.05, 4.69) is 10.6 Å². The van der Waals surface area contributed by atoms with Crippen molar-refractivity contribution in [2.75, 3.05) is 18.4 Å². The normalized spacial score (nSPS) is 16.9. The van der Waals surface area contributed by atoms with Gasteiger partial charge >= 0.3 is 11.8 Å². The topological polar surface area (TPSA) is 95.6 Å². The van der Waals surface area contributed by atoms with Crippen molar-refractivity contribution in [3.63, 3.8) is 0 Å². The van der Waals surface area contributed by atoms with Crippen molar-refractivity contribution in [3.05, 3.63) is 59.7 Å². The lowest BCUT2D eigenvalue weighted by Gasteiger charge is -2.24. The standard InChI is InChI=1S/C22H27N3O4S/c1-3-17-8-10-18(11-9-17)24-22(27)21(26)23-15-19-5-4-14-25(19)30(28,29)20-12-6-16(2)7-13-20/h6-13,19H,3-5,14-15H2,1-2H3,(H,23,26)(H,24,27)/t19-/m0/s1. The van der Waals surface area contributed by atoms with Crippen LogP contribution in [0.1, 0.15) is 30.9 Å². The second kappa shape index (κ2) is 9.40. The lowest BCUT2D eigenvalue weighted by atomic mass is 10.1. The van der Waals surface area contributed by atoms with E-state index >= 15 is 0 Å². The van der Waals surface area contributed by atoms with Crippen LogP contribution in [0.2, 0.25) is 0 Å². The Morgan fingerprint density at radius 1 is 1.03 bits per heavy atom. The predicted octanol–water partition coefficient (Wildman–Crippen LogP) is 2.47. The maximum atomic E-state index is 13.0. The summed E-state index contributed by atoms with van der Waals surface area (Å²) in [4.78, 5) is 24.6. The van der Waals surface area contributed by atoms with Gasteiger partial charge in [-0.25, -0.2) is 8.42 Å². The average molecular weight is 430 g/mol. The molecule has 30 heavy (non-hydrogen) atoms. The summed E-state index contributed by atoms with van der Waals surface area (Å²) in [6.45, 7) is 4.42. The minimum absolute atomic E-state index is 0.0894. The minimum atomic E-state index is -3.65. The molecule has 0 aliphatic carbocycles. The summed E-state index contributed by atoms with van der Waals surface area (Å²) in [6.07, 6.45) is 2.23. The molecule has 3 rings (SSSR count). The van der Waals surface area contributed by atoms with Gasteiger partial charge in [-0.15, -0.1) is 0 Å². The maximum absolute atomic E-state index is 13.0. The number of amides is 2. The third-order valence-corrected chi connectivity index (χ3v) is 7.24. The van der Waals surface area contributed by atoms with Crippen LogP contribution in [-0.4, -0.2) is 43.7 Å². The molecule has 1 heterocycles. The zero-order valence-electron chi connectivity index (χ0n) is 17.2. The number of nitrogens with one attached hydrogen (secondary N) is 2. The number of aryl methyl sites for hydroxylation is 2. The highest BCUT2D eigenvalue weighted by atomic mass is 32.2. The van der Waals surface area contributed by atoms with Crippen molar-refractivity contribution < 1.29 is 18.0 Å². The van der Waals surface area contributed by atoms with Crippen molar-refractivity contribution >= 4 is 27.5 Å². The lowest BCUT2D eigenvalue weighted by Crippen LogP contribution is -2.45. The molecule has 8 heteroatoms. The molecule has 2 aromatic rings. The van der Waals surface area contributed by atoms with Crippen LogP contribution in [0.4, 0.5) is 5.69 Å². The van der Waals surface area contributed by atoms with E-state index in [4.69, 9.17) is 0 Å². The van der Waals surface area contributed by atoms with Gasteiger partial charge in [-0.2, -0.15) is 4.31 Å². The molecule has 0 unspecified atom stereocenters. The number of anilines is 1. The first-order valence-electron chi connectivity index (χ1n) is 10.1. The molecule has 1 fully saturated rings. The molecule has 0 saturated carbocycles. The monoisotopic (exact) mass is 429 g/mol. The van der Waals surface area contributed by atoms with Gasteiger partial charge in [0, 0.05) is 24.8 Å². The third-order valence-electron chi connectivity index (χ3n) is 5.28. The van der Waals surface area contributed by atoms with Gasteiger partial charge in [0.1, 0.15) is 0 Å². The zero-order chi connectivity index (χ0) is 21.7. The van der Waals surface area contributed by atoms with Crippen molar-refractivity contribution in [1.29, 1.82) is 0 Å². The van der Waals surface area contributed by atoms with Gasteiger partial charge in [-0.05, 0) is 56.0 Å². The fourth-order valence-electron chi connectivity index (χ4n) is 3.48. The molecule has 0 spiro atoms. The number of benzene rings is 2. The first kappa shape index (κ1) is 22.0. The highest BCUT2D eigenvalue weighted by molar-refractivity contribution is 7.89. The van der Waals surface area contributed by atoms with E-state index in [1.807, 2.05) is 26.0 Å². The SMILES string of the molecule is CCc1ccc(NC(=O)C(=O)NC[C@@H]2CCCN2S(=O)(=O)c2ccc(C)cc2)cc1. The van der Waals surface area contributed by atoms with E-state index in [1.165, 1.54) is 4.31 Å². The molecule has 0 aromatic heterocycles. The number of hydrogen-bond acceptors (Lipinski definition) is 4. The van der Waals surface area contributed by atoms with Crippen molar-refractivity contribution in [3.8, 4) is 0 Å². The molecular weight excluding hydrogens is 402 g/mol. The Bertz CT molecular complexity index is 1000. The Labute approximate surface area is 177 Å². The van der Waals surface area contributed by atoms with Crippen LogP contribution < -0.4 is 10.6 Å². The van der Waals surface area contributed by atoms with Gasteiger partial charge in [-0.3, -0.25) is 9.59 Å². The number of carbonyl (C=O) groups excluding carboxylic acids is 2. The van der Waals surface area contributed by atoms with E-state index in [-0.39, 0.29) is 17.5 Å². The summed E-state index contributed by atoms with van der Waals surface area (Å²) >= 11 is 0. The van der Waals surface area contributed by atoms with Crippen molar-refractivity contribution in [2.24, 2.45) is 0 Å². The van der Waals surface area contributed by atoms with Gasteiger partial charge in [0.25, 0.3) is 0 Å². The summed E-state index contributed by atoms with van der Waals surface area (Å²) in [7, 11) is -3.65. The fraction of sp³-hybridized carbons (Fsp3) is 0.364. The van der Waals surface area contributed by atoms with Crippen LogP contribution in [0, 0.1) is 6.92 Å². The second-order valence-corrected chi connectivity index (χ2v) is 9.33. The van der Waals surface area contributed by atoms with Gasteiger partial charge in [-0.1, -0.05) is 36.8 Å². The molecule has 1 saturated heterocycles.